The van der Waals surface area contributed by atoms with Crippen molar-refractivity contribution < 1.29 is 4.79 Å². The number of thiazole rings is 1. The maximum atomic E-state index is 11.2. The van der Waals surface area contributed by atoms with Gasteiger partial charge in [-0.25, -0.2) is 4.98 Å². The van der Waals surface area contributed by atoms with Crippen LogP contribution in [-0.4, -0.2) is 11.3 Å². The predicted molar refractivity (Wildman–Crippen MR) is 75.6 cm³/mol. The van der Waals surface area contributed by atoms with Gasteiger partial charge in [0.05, 0.1) is 15.7 Å². The monoisotopic (exact) mass is 257 g/mol. The third kappa shape index (κ3) is 2.23. The number of nitrogens with zero attached hydrogens (tertiary/aromatic N) is 1. The van der Waals surface area contributed by atoms with Crippen LogP contribution in [0.25, 0.3) is 16.3 Å². The van der Waals surface area contributed by atoms with Gasteiger partial charge in [0, 0.05) is 0 Å². The van der Waals surface area contributed by atoms with Gasteiger partial charge in [-0.05, 0) is 48.1 Å². The lowest BCUT2D eigenvalue weighted by Crippen LogP contribution is -1.99. The van der Waals surface area contributed by atoms with Crippen molar-refractivity contribution in [1.29, 1.82) is 0 Å². The summed E-state index contributed by atoms with van der Waals surface area (Å²) in [5.74, 6) is 0.472. The van der Waals surface area contributed by atoms with Crippen LogP contribution >= 0.6 is 11.3 Å². The molecular formula is C15H15NOS. The second-order valence-electron chi connectivity index (χ2n) is 4.82. The van der Waals surface area contributed by atoms with E-state index < -0.39 is 0 Å². The Hall–Kier alpha value is -1.48. The number of aromatic nitrogens is 1. The maximum Gasteiger partial charge on any atom is 0.146 e. The smallest absolute Gasteiger partial charge is 0.146 e. The summed E-state index contributed by atoms with van der Waals surface area (Å²) >= 11 is 1.64. The lowest BCUT2D eigenvalue weighted by atomic mass is 9.96. The first-order valence-corrected chi connectivity index (χ1v) is 7.25. The standard InChI is InChI=1S/C15H15NOS/c17-9-13(12-3-1-2-4-12)7-11-5-6-14-15(8-11)18-10-16-14/h5-10,12H,1-4H2/b13-7-. The molecule has 1 aromatic carbocycles. The van der Waals surface area contributed by atoms with Crippen LogP contribution in [0.3, 0.4) is 0 Å². The van der Waals surface area contributed by atoms with Crippen LogP contribution in [-0.2, 0) is 4.79 Å². The molecule has 0 unspecified atom stereocenters. The molecule has 0 spiro atoms. The largest absolute Gasteiger partial charge is 0.298 e. The highest BCUT2D eigenvalue weighted by Crippen LogP contribution is 2.31. The Kier molecular flexibility index (Phi) is 3.24. The van der Waals surface area contributed by atoms with Crippen LogP contribution in [0.4, 0.5) is 0 Å². The van der Waals surface area contributed by atoms with Crippen molar-refractivity contribution in [3.63, 3.8) is 0 Å². The molecule has 1 aliphatic rings. The van der Waals surface area contributed by atoms with Crippen molar-refractivity contribution >= 4 is 33.9 Å². The Balaban J connectivity index is 1.94. The maximum absolute atomic E-state index is 11.2. The third-order valence-corrected chi connectivity index (χ3v) is 4.44. The van der Waals surface area contributed by atoms with Gasteiger partial charge in [0.25, 0.3) is 0 Å². The van der Waals surface area contributed by atoms with E-state index in [4.69, 9.17) is 0 Å². The van der Waals surface area contributed by atoms with Gasteiger partial charge < -0.3 is 0 Å². The van der Waals surface area contributed by atoms with Crippen LogP contribution in [0, 0.1) is 5.92 Å². The number of aldehydes is 1. The van der Waals surface area contributed by atoms with Crippen LogP contribution in [0.1, 0.15) is 31.2 Å². The molecule has 1 aliphatic carbocycles. The summed E-state index contributed by atoms with van der Waals surface area (Å²) in [5, 5.41) is 0. The molecule has 0 amide bonds. The minimum atomic E-state index is 0.472. The first kappa shape index (κ1) is 11.6. The molecule has 0 radical (unpaired) electrons. The third-order valence-electron chi connectivity index (χ3n) is 3.65. The van der Waals surface area contributed by atoms with Gasteiger partial charge in [0.15, 0.2) is 0 Å². The van der Waals surface area contributed by atoms with E-state index >= 15 is 0 Å². The fourth-order valence-corrected chi connectivity index (χ4v) is 3.39. The van der Waals surface area contributed by atoms with Crippen LogP contribution < -0.4 is 0 Å². The summed E-state index contributed by atoms with van der Waals surface area (Å²) < 4.78 is 1.18. The number of carbonyl (C=O) groups is 1. The number of carbonyl (C=O) groups excluding carboxylic acids is 1. The molecule has 0 bridgehead atoms. The molecule has 1 heterocycles. The highest BCUT2D eigenvalue weighted by molar-refractivity contribution is 7.16. The molecule has 1 aromatic heterocycles. The fraction of sp³-hybridized carbons (Fsp3) is 0.333. The van der Waals surface area contributed by atoms with E-state index in [0.717, 1.165) is 35.8 Å². The summed E-state index contributed by atoms with van der Waals surface area (Å²) in [6.07, 6.45) is 7.91. The molecule has 0 aliphatic heterocycles. The van der Waals surface area contributed by atoms with Crippen LogP contribution in [0.2, 0.25) is 0 Å². The zero-order chi connectivity index (χ0) is 12.4. The van der Waals surface area contributed by atoms with Gasteiger partial charge in [-0.15, -0.1) is 11.3 Å². The molecule has 18 heavy (non-hydrogen) atoms. The minimum absolute atomic E-state index is 0.472. The molecular weight excluding hydrogens is 242 g/mol. The Morgan fingerprint density at radius 3 is 2.94 bits per heavy atom. The summed E-state index contributed by atoms with van der Waals surface area (Å²) in [6, 6.07) is 6.18. The molecule has 0 atom stereocenters. The summed E-state index contributed by atoms with van der Waals surface area (Å²) in [6.45, 7) is 0. The quantitative estimate of drug-likeness (QED) is 0.613. The van der Waals surface area contributed by atoms with Crippen molar-refractivity contribution in [2.45, 2.75) is 25.7 Å². The Morgan fingerprint density at radius 2 is 2.17 bits per heavy atom. The van der Waals surface area contributed by atoms with E-state index in [1.54, 1.807) is 11.3 Å². The molecule has 2 aromatic rings. The van der Waals surface area contributed by atoms with Crippen LogP contribution in [0.5, 0.6) is 0 Å². The van der Waals surface area contributed by atoms with Gasteiger partial charge in [-0.2, -0.15) is 0 Å². The number of hydrogen-bond acceptors (Lipinski definition) is 3. The van der Waals surface area contributed by atoms with Crippen molar-refractivity contribution in [1.82, 2.24) is 4.98 Å². The molecule has 3 rings (SSSR count). The molecule has 3 heteroatoms. The van der Waals surface area contributed by atoms with Gasteiger partial charge in [-0.3, -0.25) is 4.79 Å². The number of allylic oxidation sites excluding steroid dienone is 1. The molecule has 2 nitrogen and oxygen atoms in total. The zero-order valence-electron chi connectivity index (χ0n) is 10.1. The summed E-state index contributed by atoms with van der Waals surface area (Å²) in [5.41, 5.74) is 4.96. The zero-order valence-corrected chi connectivity index (χ0v) is 11.0. The predicted octanol–water partition coefficient (Wildman–Crippen LogP) is 4.07. The number of rotatable bonds is 3. The minimum Gasteiger partial charge on any atom is -0.298 e. The topological polar surface area (TPSA) is 30.0 Å². The molecule has 0 N–H and O–H groups in total. The first-order chi connectivity index (χ1) is 8.86. The number of fused-ring (bicyclic) bond motifs is 1. The van der Waals surface area contributed by atoms with E-state index in [1.807, 2.05) is 23.7 Å². The average Bonchev–Trinajstić information content (AvgIpc) is 3.06. The second kappa shape index (κ2) is 5.02. The molecule has 92 valence electrons. The second-order valence-corrected chi connectivity index (χ2v) is 5.71. The van der Waals surface area contributed by atoms with Crippen molar-refractivity contribution in [2.75, 3.05) is 0 Å². The van der Waals surface area contributed by atoms with E-state index in [-0.39, 0.29) is 0 Å². The van der Waals surface area contributed by atoms with Crippen molar-refractivity contribution in [3.8, 4) is 0 Å². The summed E-state index contributed by atoms with van der Waals surface area (Å²) in [7, 11) is 0. The lowest BCUT2D eigenvalue weighted by Gasteiger charge is -2.08. The van der Waals surface area contributed by atoms with Gasteiger partial charge in [0.2, 0.25) is 0 Å². The SMILES string of the molecule is O=C/C(=C/c1ccc2ncsc2c1)C1CCCC1. The fourth-order valence-electron chi connectivity index (χ4n) is 2.66. The van der Waals surface area contributed by atoms with Crippen LogP contribution in [0.15, 0.2) is 29.3 Å². The Labute approximate surface area is 110 Å². The van der Waals surface area contributed by atoms with Gasteiger partial charge >= 0.3 is 0 Å². The lowest BCUT2D eigenvalue weighted by molar-refractivity contribution is -0.105. The summed E-state index contributed by atoms with van der Waals surface area (Å²) in [4.78, 5) is 15.5. The van der Waals surface area contributed by atoms with E-state index in [1.165, 1.54) is 17.5 Å². The van der Waals surface area contributed by atoms with Crippen molar-refractivity contribution in [2.24, 2.45) is 5.92 Å². The highest BCUT2D eigenvalue weighted by Gasteiger charge is 2.18. The van der Waals surface area contributed by atoms with Gasteiger partial charge in [0.1, 0.15) is 6.29 Å². The first-order valence-electron chi connectivity index (χ1n) is 6.37. The molecule has 1 saturated carbocycles. The molecule has 0 saturated heterocycles. The average molecular weight is 257 g/mol. The van der Waals surface area contributed by atoms with Gasteiger partial charge in [-0.1, -0.05) is 18.9 Å². The highest BCUT2D eigenvalue weighted by atomic mass is 32.1. The molecule has 1 fully saturated rings. The van der Waals surface area contributed by atoms with E-state index in [0.29, 0.717) is 5.92 Å². The normalized spacial score (nSPS) is 17.4. The Bertz CT molecular complexity index is 593. The number of hydrogen-bond donors (Lipinski definition) is 0. The van der Waals surface area contributed by atoms with E-state index in [2.05, 4.69) is 11.1 Å². The van der Waals surface area contributed by atoms with E-state index in [9.17, 15) is 4.79 Å². The van der Waals surface area contributed by atoms with Crippen molar-refractivity contribution in [3.05, 3.63) is 34.8 Å². The Morgan fingerprint density at radius 1 is 1.33 bits per heavy atom. The number of benzene rings is 1.